The van der Waals surface area contributed by atoms with Crippen molar-refractivity contribution < 1.29 is 8.42 Å². The Bertz CT molecular complexity index is 591. The van der Waals surface area contributed by atoms with Crippen molar-refractivity contribution >= 4 is 9.84 Å². The van der Waals surface area contributed by atoms with Crippen molar-refractivity contribution in [1.29, 1.82) is 0 Å². The average molecular weight is 260 g/mol. The van der Waals surface area contributed by atoms with Gasteiger partial charge in [0.05, 0.1) is 9.80 Å². The molecule has 0 saturated carbocycles. The number of hydrogen-bond acceptors (Lipinski definition) is 2. The second kappa shape index (κ2) is 6.17. The molecule has 0 saturated heterocycles. The second-order valence-electron chi connectivity index (χ2n) is 3.70. The molecular weight excluding hydrogens is 244 g/mol. The van der Waals surface area contributed by atoms with Crippen molar-refractivity contribution in [3.8, 4) is 0 Å². The van der Waals surface area contributed by atoms with Gasteiger partial charge in [-0.2, -0.15) is 0 Å². The van der Waals surface area contributed by atoms with E-state index in [0.717, 1.165) is 5.57 Å². The highest BCUT2D eigenvalue weighted by Gasteiger charge is 2.16. The van der Waals surface area contributed by atoms with Crippen molar-refractivity contribution in [3.05, 3.63) is 78.3 Å². The minimum Gasteiger partial charge on any atom is -0.219 e. The van der Waals surface area contributed by atoms with E-state index in [1.165, 1.54) is 12.2 Å². The minimum absolute atomic E-state index is 0.176. The molecule has 0 radical (unpaired) electrons. The molecule has 0 aliphatic carbocycles. The molecule has 1 aromatic rings. The molecule has 0 amide bonds. The molecule has 0 bridgehead atoms. The van der Waals surface area contributed by atoms with Gasteiger partial charge in [-0.3, -0.25) is 0 Å². The zero-order valence-electron chi connectivity index (χ0n) is 10.3. The van der Waals surface area contributed by atoms with Crippen LogP contribution in [0.15, 0.2) is 83.2 Å². The summed E-state index contributed by atoms with van der Waals surface area (Å²) in [4.78, 5) is 0.440. The molecule has 94 valence electrons. The van der Waals surface area contributed by atoms with Gasteiger partial charge in [-0.1, -0.05) is 55.2 Å². The molecular formula is C15H16O2S. The third-order valence-corrected chi connectivity index (χ3v) is 4.21. The fourth-order valence-electron chi connectivity index (χ4n) is 1.28. The summed E-state index contributed by atoms with van der Waals surface area (Å²) in [6.07, 6.45) is 6.23. The molecule has 18 heavy (non-hydrogen) atoms. The fraction of sp³-hybridized carbons (Fsp3) is 0.0667. The highest BCUT2D eigenvalue weighted by molar-refractivity contribution is 7.95. The first kappa shape index (κ1) is 14.2. The maximum atomic E-state index is 12.3. The van der Waals surface area contributed by atoms with Crippen LogP contribution >= 0.6 is 0 Å². The number of allylic oxidation sites excluding steroid dienone is 5. The van der Waals surface area contributed by atoms with E-state index in [0.29, 0.717) is 0 Å². The fourth-order valence-corrected chi connectivity index (χ4v) is 2.54. The second-order valence-corrected chi connectivity index (χ2v) is 5.65. The lowest BCUT2D eigenvalue weighted by molar-refractivity contribution is 0.603. The Balaban J connectivity index is 3.26. The minimum atomic E-state index is -3.49. The van der Waals surface area contributed by atoms with Crippen LogP contribution in [0.4, 0.5) is 0 Å². The van der Waals surface area contributed by atoms with Gasteiger partial charge in [0.1, 0.15) is 0 Å². The van der Waals surface area contributed by atoms with E-state index in [4.69, 9.17) is 0 Å². The highest BCUT2D eigenvalue weighted by Crippen LogP contribution is 2.19. The Kier molecular flexibility index (Phi) is 4.86. The first-order chi connectivity index (χ1) is 8.52. The third-order valence-electron chi connectivity index (χ3n) is 2.40. The van der Waals surface area contributed by atoms with E-state index in [9.17, 15) is 8.42 Å². The van der Waals surface area contributed by atoms with Crippen molar-refractivity contribution in [3.63, 3.8) is 0 Å². The van der Waals surface area contributed by atoms with Crippen molar-refractivity contribution in [2.75, 3.05) is 0 Å². The van der Waals surface area contributed by atoms with Gasteiger partial charge in [0.2, 0.25) is 9.84 Å². The highest BCUT2D eigenvalue weighted by atomic mass is 32.2. The average Bonchev–Trinajstić information content (AvgIpc) is 2.39. The van der Waals surface area contributed by atoms with Gasteiger partial charge in [-0.15, -0.1) is 0 Å². The Morgan fingerprint density at radius 2 is 1.67 bits per heavy atom. The number of hydrogen-bond donors (Lipinski definition) is 0. The molecule has 2 nitrogen and oxygen atoms in total. The van der Waals surface area contributed by atoms with Crippen LogP contribution in [-0.4, -0.2) is 8.42 Å². The van der Waals surface area contributed by atoms with Gasteiger partial charge in [0, 0.05) is 0 Å². The maximum Gasteiger partial charge on any atom is 0.206 e. The van der Waals surface area contributed by atoms with Crippen molar-refractivity contribution in [2.45, 2.75) is 11.8 Å². The monoisotopic (exact) mass is 260 g/mol. The van der Waals surface area contributed by atoms with Crippen LogP contribution in [-0.2, 0) is 9.84 Å². The third kappa shape index (κ3) is 3.31. The predicted octanol–water partition coefficient (Wildman–Crippen LogP) is 3.66. The topological polar surface area (TPSA) is 34.1 Å². The number of benzene rings is 1. The molecule has 0 atom stereocenters. The Hall–Kier alpha value is -1.87. The van der Waals surface area contributed by atoms with Crippen LogP contribution in [0.1, 0.15) is 6.92 Å². The molecule has 0 aromatic heterocycles. The van der Waals surface area contributed by atoms with Crippen LogP contribution in [0.3, 0.4) is 0 Å². The van der Waals surface area contributed by atoms with Crippen LogP contribution in [0.25, 0.3) is 0 Å². The Morgan fingerprint density at radius 1 is 1.06 bits per heavy atom. The molecule has 0 spiro atoms. The van der Waals surface area contributed by atoms with E-state index in [2.05, 4.69) is 13.2 Å². The van der Waals surface area contributed by atoms with Crippen LogP contribution in [0, 0.1) is 0 Å². The molecule has 0 N–H and O–H groups in total. The molecule has 1 aromatic carbocycles. The summed E-state index contributed by atoms with van der Waals surface area (Å²) in [5, 5.41) is 0. The van der Waals surface area contributed by atoms with Crippen LogP contribution < -0.4 is 0 Å². The normalized spacial score (nSPS) is 13.2. The molecule has 0 aliphatic rings. The summed E-state index contributed by atoms with van der Waals surface area (Å²) in [5.41, 5.74) is 0.887. The largest absolute Gasteiger partial charge is 0.219 e. The summed E-state index contributed by atoms with van der Waals surface area (Å²) < 4.78 is 24.5. The Morgan fingerprint density at radius 3 is 2.17 bits per heavy atom. The van der Waals surface area contributed by atoms with Crippen molar-refractivity contribution in [1.82, 2.24) is 0 Å². The first-order valence-corrected chi connectivity index (χ1v) is 6.94. The van der Waals surface area contributed by atoms with Crippen LogP contribution in [0.2, 0.25) is 0 Å². The lowest BCUT2D eigenvalue weighted by Crippen LogP contribution is -2.02. The zero-order valence-corrected chi connectivity index (χ0v) is 11.2. The number of rotatable bonds is 5. The van der Waals surface area contributed by atoms with Gasteiger partial charge in [-0.05, 0) is 25.1 Å². The lowest BCUT2D eigenvalue weighted by Gasteiger charge is -2.04. The zero-order chi connectivity index (χ0) is 13.6. The quantitative estimate of drug-likeness (QED) is 0.757. The van der Waals surface area contributed by atoms with Gasteiger partial charge in [-0.25, -0.2) is 8.42 Å². The van der Waals surface area contributed by atoms with Gasteiger partial charge in [0.15, 0.2) is 0 Å². The van der Waals surface area contributed by atoms with Gasteiger partial charge < -0.3 is 0 Å². The predicted molar refractivity (Wildman–Crippen MR) is 75.9 cm³/mol. The summed E-state index contributed by atoms with van der Waals surface area (Å²) in [7, 11) is -3.49. The molecule has 0 fully saturated rings. The van der Waals surface area contributed by atoms with Crippen LogP contribution in [0.5, 0.6) is 0 Å². The van der Waals surface area contributed by atoms with Crippen molar-refractivity contribution in [2.24, 2.45) is 0 Å². The SMILES string of the molecule is C=C/C(C)=C\C=C(/C=C)S(=O)(=O)c1ccccc1. The van der Waals surface area contributed by atoms with E-state index in [-0.39, 0.29) is 9.80 Å². The van der Waals surface area contributed by atoms with Gasteiger partial charge >= 0.3 is 0 Å². The van der Waals surface area contributed by atoms with Gasteiger partial charge in [0.25, 0.3) is 0 Å². The first-order valence-electron chi connectivity index (χ1n) is 5.46. The molecule has 0 aliphatic heterocycles. The van der Waals surface area contributed by atoms with E-state index < -0.39 is 9.84 Å². The van der Waals surface area contributed by atoms with E-state index in [1.807, 2.05) is 6.92 Å². The molecule has 1 rings (SSSR count). The Labute approximate surface area is 109 Å². The molecule has 0 heterocycles. The summed E-state index contributed by atoms with van der Waals surface area (Å²) in [5.74, 6) is 0. The number of sulfone groups is 1. The van der Waals surface area contributed by atoms with E-state index >= 15 is 0 Å². The standard InChI is InChI=1S/C15H16O2S/c1-4-13(3)11-12-14(5-2)18(16,17)15-9-7-6-8-10-15/h4-12H,1-2H2,3H3/b13-11-,14-12+. The smallest absolute Gasteiger partial charge is 0.206 e. The summed E-state index contributed by atoms with van der Waals surface area (Å²) >= 11 is 0. The summed E-state index contributed by atoms with van der Waals surface area (Å²) in [6, 6.07) is 8.29. The molecule has 0 unspecified atom stereocenters. The molecule has 3 heteroatoms. The maximum absolute atomic E-state index is 12.3. The lowest BCUT2D eigenvalue weighted by atomic mass is 10.3. The van der Waals surface area contributed by atoms with E-state index in [1.54, 1.807) is 42.5 Å². The summed E-state index contributed by atoms with van der Waals surface area (Å²) in [6.45, 7) is 9.01.